The second-order valence-electron chi connectivity index (χ2n) is 8.63. The molecule has 0 radical (unpaired) electrons. The summed E-state index contributed by atoms with van der Waals surface area (Å²) in [5, 5.41) is 17.6. The fourth-order valence-electron chi connectivity index (χ4n) is 4.49. The highest BCUT2D eigenvalue weighted by molar-refractivity contribution is 5.94. The number of benzene rings is 1. The van der Waals surface area contributed by atoms with Crippen molar-refractivity contribution in [1.29, 1.82) is 5.41 Å². The molecule has 34 heavy (non-hydrogen) atoms. The quantitative estimate of drug-likeness (QED) is 0.380. The maximum absolute atomic E-state index is 13.7. The highest BCUT2D eigenvalue weighted by atomic mass is 19.1. The number of aromatic nitrogens is 3. The van der Waals surface area contributed by atoms with E-state index in [2.05, 4.69) is 15.0 Å². The summed E-state index contributed by atoms with van der Waals surface area (Å²) >= 11 is 0. The molecular formula is C25H25FN6O2. The second-order valence-corrected chi connectivity index (χ2v) is 8.63. The first-order chi connectivity index (χ1) is 16.5. The van der Waals surface area contributed by atoms with Crippen molar-refractivity contribution in [2.45, 2.75) is 18.9 Å². The highest BCUT2D eigenvalue weighted by Gasteiger charge is 2.33. The van der Waals surface area contributed by atoms with E-state index in [1.807, 2.05) is 34.1 Å². The molecule has 3 N–H and O–H groups in total. The number of aliphatic carboxylic acids is 1. The molecule has 4 heterocycles. The van der Waals surface area contributed by atoms with Crippen LogP contribution in [-0.4, -0.2) is 56.4 Å². The molecule has 2 fully saturated rings. The normalized spacial score (nSPS) is 18.4. The van der Waals surface area contributed by atoms with Crippen molar-refractivity contribution in [1.82, 2.24) is 19.9 Å². The van der Waals surface area contributed by atoms with Gasteiger partial charge in [0.1, 0.15) is 23.3 Å². The number of carboxylic acids is 1. The van der Waals surface area contributed by atoms with Crippen LogP contribution in [0.4, 0.5) is 10.2 Å². The zero-order valence-electron chi connectivity index (χ0n) is 18.5. The Morgan fingerprint density at radius 2 is 2.06 bits per heavy atom. The number of aromatic amines is 1. The van der Waals surface area contributed by atoms with Gasteiger partial charge in [-0.05, 0) is 54.8 Å². The lowest BCUT2D eigenvalue weighted by Crippen LogP contribution is -2.50. The van der Waals surface area contributed by atoms with Gasteiger partial charge in [0.15, 0.2) is 0 Å². The molecule has 3 aromatic rings. The van der Waals surface area contributed by atoms with E-state index < -0.39 is 5.97 Å². The Kier molecular flexibility index (Phi) is 5.83. The Hall–Kier alpha value is -4.01. The van der Waals surface area contributed by atoms with Gasteiger partial charge in [0.2, 0.25) is 0 Å². The molecule has 8 nitrogen and oxygen atoms in total. The number of hydrogen-bond donors (Lipinski definition) is 3. The zero-order chi connectivity index (χ0) is 23.7. The van der Waals surface area contributed by atoms with Crippen molar-refractivity contribution in [2.75, 3.05) is 24.5 Å². The summed E-state index contributed by atoms with van der Waals surface area (Å²) in [5.41, 5.74) is 2.34. The van der Waals surface area contributed by atoms with E-state index >= 15 is 0 Å². The summed E-state index contributed by atoms with van der Waals surface area (Å²) in [6.07, 6.45) is 6.99. The Labute approximate surface area is 196 Å². The molecule has 0 amide bonds. The van der Waals surface area contributed by atoms with Gasteiger partial charge < -0.3 is 19.9 Å². The standard InChI is InChI=1S/C25H25FN6O2/c26-18-5-1-4-16(12-18)21-7-3-11-32(21)22(27)9-10-23-28-13-20(29-23)19-6-2-8-24(30-19)31-14-17(15-31)25(33)34/h1-2,4-6,8-10,12-13,17,21,27H,3,7,11,14-15H2,(H,28,29)(H,33,34). The Balaban J connectivity index is 1.26. The highest BCUT2D eigenvalue weighted by Crippen LogP contribution is 2.32. The van der Waals surface area contributed by atoms with Gasteiger partial charge in [-0.2, -0.15) is 0 Å². The van der Waals surface area contributed by atoms with Gasteiger partial charge in [0.05, 0.1) is 29.5 Å². The van der Waals surface area contributed by atoms with Gasteiger partial charge in [-0.3, -0.25) is 10.2 Å². The predicted molar refractivity (Wildman–Crippen MR) is 127 cm³/mol. The fourth-order valence-corrected chi connectivity index (χ4v) is 4.49. The van der Waals surface area contributed by atoms with Crippen LogP contribution < -0.4 is 4.90 Å². The minimum atomic E-state index is -0.779. The molecule has 2 aliphatic heterocycles. The number of amidine groups is 1. The van der Waals surface area contributed by atoms with Crippen molar-refractivity contribution < 1.29 is 14.3 Å². The van der Waals surface area contributed by atoms with Crippen molar-refractivity contribution in [3.8, 4) is 11.4 Å². The average Bonchev–Trinajstić information content (AvgIpc) is 3.46. The molecule has 2 aliphatic rings. The minimum Gasteiger partial charge on any atom is -0.481 e. The lowest BCUT2D eigenvalue weighted by Gasteiger charge is -2.37. The van der Waals surface area contributed by atoms with E-state index in [0.29, 0.717) is 30.4 Å². The van der Waals surface area contributed by atoms with Crippen LogP contribution in [-0.2, 0) is 4.79 Å². The van der Waals surface area contributed by atoms with Crippen LogP contribution in [0.1, 0.15) is 30.3 Å². The number of carboxylic acid groups (broad SMARTS) is 1. The SMILES string of the molecule is N=C(C=Cc1ncc(-c2cccc(N3CC(C(=O)O)C3)n2)[nH]1)N1CCCC1c1cccc(F)c1. The van der Waals surface area contributed by atoms with E-state index in [4.69, 9.17) is 10.5 Å². The summed E-state index contributed by atoms with van der Waals surface area (Å²) in [5.74, 6) is 0.308. The van der Waals surface area contributed by atoms with Crippen molar-refractivity contribution in [2.24, 2.45) is 5.92 Å². The maximum atomic E-state index is 13.7. The summed E-state index contributed by atoms with van der Waals surface area (Å²) in [4.78, 5) is 27.2. The largest absolute Gasteiger partial charge is 0.481 e. The molecule has 0 aliphatic carbocycles. The molecule has 0 spiro atoms. The van der Waals surface area contributed by atoms with Gasteiger partial charge >= 0.3 is 5.97 Å². The van der Waals surface area contributed by atoms with Crippen molar-refractivity contribution >= 4 is 23.7 Å². The number of pyridine rings is 1. The average molecular weight is 461 g/mol. The molecule has 0 saturated carbocycles. The maximum Gasteiger partial charge on any atom is 0.310 e. The molecule has 2 aromatic heterocycles. The molecule has 1 aromatic carbocycles. The fraction of sp³-hybridized carbons (Fsp3) is 0.280. The molecule has 0 bridgehead atoms. The third kappa shape index (κ3) is 4.41. The summed E-state index contributed by atoms with van der Waals surface area (Å²) in [6.45, 7) is 1.67. The molecule has 2 saturated heterocycles. The van der Waals surface area contributed by atoms with Crippen LogP contribution in [0.15, 0.2) is 54.7 Å². The van der Waals surface area contributed by atoms with Gasteiger partial charge in [-0.15, -0.1) is 0 Å². The van der Waals surface area contributed by atoms with Gasteiger partial charge in [-0.1, -0.05) is 18.2 Å². The van der Waals surface area contributed by atoms with E-state index in [9.17, 15) is 9.18 Å². The first kappa shape index (κ1) is 21.8. The number of rotatable bonds is 6. The molecule has 1 unspecified atom stereocenters. The molecule has 9 heteroatoms. The number of nitrogens with zero attached hydrogens (tertiary/aromatic N) is 4. The summed E-state index contributed by atoms with van der Waals surface area (Å²) in [6, 6.07) is 12.2. The van der Waals surface area contributed by atoms with Gasteiger partial charge in [-0.25, -0.2) is 14.4 Å². The van der Waals surface area contributed by atoms with Crippen molar-refractivity contribution in [3.63, 3.8) is 0 Å². The first-order valence-corrected chi connectivity index (χ1v) is 11.3. The number of anilines is 1. The molecule has 5 rings (SSSR count). The number of imidazole rings is 1. The second kappa shape index (κ2) is 9.09. The number of nitrogens with one attached hydrogen (secondary N) is 2. The third-order valence-electron chi connectivity index (χ3n) is 6.36. The Morgan fingerprint density at radius 3 is 2.85 bits per heavy atom. The van der Waals surface area contributed by atoms with E-state index in [-0.39, 0.29) is 17.8 Å². The molecule has 1 atom stereocenters. The van der Waals surface area contributed by atoms with Crippen LogP contribution in [0.2, 0.25) is 0 Å². The van der Waals surface area contributed by atoms with Gasteiger partial charge in [0.25, 0.3) is 0 Å². The van der Waals surface area contributed by atoms with Gasteiger partial charge in [0, 0.05) is 19.6 Å². The van der Waals surface area contributed by atoms with E-state index in [0.717, 1.165) is 36.5 Å². The lowest BCUT2D eigenvalue weighted by molar-refractivity contribution is -0.142. The lowest BCUT2D eigenvalue weighted by atomic mass is 10.0. The van der Waals surface area contributed by atoms with Crippen LogP contribution >= 0.6 is 0 Å². The van der Waals surface area contributed by atoms with Crippen LogP contribution in [0.5, 0.6) is 0 Å². The zero-order valence-corrected chi connectivity index (χ0v) is 18.5. The van der Waals surface area contributed by atoms with Crippen molar-refractivity contribution in [3.05, 3.63) is 71.9 Å². The Morgan fingerprint density at radius 1 is 1.24 bits per heavy atom. The smallest absolute Gasteiger partial charge is 0.310 e. The number of halogens is 1. The molecule has 174 valence electrons. The summed E-state index contributed by atoms with van der Waals surface area (Å²) < 4.78 is 13.7. The molecular weight excluding hydrogens is 435 g/mol. The minimum absolute atomic E-state index is 0.00539. The topological polar surface area (TPSA) is 109 Å². The monoisotopic (exact) mass is 460 g/mol. The number of hydrogen-bond acceptors (Lipinski definition) is 5. The van der Waals surface area contributed by atoms with Crippen LogP contribution in [0.3, 0.4) is 0 Å². The number of carbonyl (C=O) groups is 1. The van der Waals surface area contributed by atoms with Crippen LogP contribution in [0.25, 0.3) is 17.5 Å². The van der Waals surface area contributed by atoms with E-state index in [1.54, 1.807) is 30.5 Å². The third-order valence-corrected chi connectivity index (χ3v) is 6.36. The first-order valence-electron chi connectivity index (χ1n) is 11.3. The van der Waals surface area contributed by atoms with Crippen LogP contribution in [0, 0.1) is 17.1 Å². The Bertz CT molecular complexity index is 1250. The van der Waals surface area contributed by atoms with E-state index in [1.165, 1.54) is 6.07 Å². The predicted octanol–water partition coefficient (Wildman–Crippen LogP) is 3.96. The summed E-state index contributed by atoms with van der Waals surface area (Å²) in [7, 11) is 0. The number of H-pyrrole nitrogens is 1. The number of likely N-dealkylation sites (tertiary alicyclic amines) is 1.